The van der Waals surface area contributed by atoms with Crippen LogP contribution in [0, 0.1) is 34.5 Å². The zero-order chi connectivity index (χ0) is 30.1. The molecule has 0 aromatic heterocycles. The van der Waals surface area contributed by atoms with Crippen LogP contribution in [0.2, 0.25) is 0 Å². The Hall–Kier alpha value is -2.77. The molecule has 5 aliphatic carbocycles. The first-order valence-electron chi connectivity index (χ1n) is 16.1. The molecule has 6 atom stereocenters. The molecule has 0 aromatic carbocycles. The van der Waals surface area contributed by atoms with Crippen LogP contribution < -0.4 is 0 Å². The Bertz CT molecular complexity index is 1180. The molecule has 0 spiro atoms. The third-order valence-corrected chi connectivity index (χ3v) is 11.4. The van der Waals surface area contributed by atoms with E-state index >= 15 is 0 Å². The van der Waals surface area contributed by atoms with Gasteiger partial charge in [-0.05, 0) is 68.4 Å². The summed E-state index contributed by atoms with van der Waals surface area (Å²) in [4.78, 5) is 65.9. The van der Waals surface area contributed by atoms with Gasteiger partial charge in [-0.2, -0.15) is 0 Å². The molecule has 5 rings (SSSR count). The summed E-state index contributed by atoms with van der Waals surface area (Å²) in [6, 6.07) is 0. The van der Waals surface area contributed by atoms with Crippen LogP contribution in [0.25, 0.3) is 0 Å². The van der Waals surface area contributed by atoms with Crippen LogP contribution in [0.3, 0.4) is 0 Å². The molecule has 0 N–H and O–H groups in total. The zero-order valence-corrected chi connectivity index (χ0v) is 25.4. The largest absolute Gasteiger partial charge is 0.509 e. The molecule has 0 saturated heterocycles. The predicted molar refractivity (Wildman–Crippen MR) is 154 cm³/mol. The van der Waals surface area contributed by atoms with Crippen molar-refractivity contribution in [2.75, 3.05) is 13.2 Å². The standard InChI is InChI=1S/C34H46O8/c1-4-5-18-40-31(39)42-34(28(37)21-41-29(38)13-10-22-8-6-7-9-22)17-15-26-25-12-11-23-19-24(35)14-16-32(23,2)30(25)27(36)20-33(26,34)3/h14,16,19,22,25-26,30H,4-13,15,17-18,20-21H2,1-3H3/t25-,26-,30+,32-,33-,34-/m0/s1. The van der Waals surface area contributed by atoms with E-state index in [-0.39, 0.29) is 55.2 Å². The number of ether oxygens (including phenoxy) is 3. The van der Waals surface area contributed by atoms with Crippen LogP contribution in [-0.4, -0.2) is 48.3 Å². The van der Waals surface area contributed by atoms with Crippen LogP contribution in [-0.2, 0) is 33.4 Å². The molecule has 0 aliphatic heterocycles. The number of fused-ring (bicyclic) bond motifs is 5. The van der Waals surface area contributed by atoms with E-state index in [9.17, 15) is 24.0 Å². The highest BCUT2D eigenvalue weighted by Gasteiger charge is 2.70. The van der Waals surface area contributed by atoms with Gasteiger partial charge in [0, 0.05) is 29.6 Å². The van der Waals surface area contributed by atoms with Gasteiger partial charge < -0.3 is 14.2 Å². The third-order valence-electron chi connectivity index (χ3n) is 11.4. The number of carbonyl (C=O) groups excluding carboxylic acids is 5. The van der Waals surface area contributed by atoms with Crippen molar-refractivity contribution >= 4 is 29.5 Å². The first kappa shape index (κ1) is 30.7. The number of esters is 1. The molecule has 4 saturated carbocycles. The lowest BCUT2D eigenvalue weighted by atomic mass is 9.46. The Morgan fingerprint density at radius 3 is 2.52 bits per heavy atom. The number of carbonyl (C=O) groups is 5. The molecule has 0 aromatic rings. The molecular weight excluding hydrogens is 536 g/mol. The minimum Gasteiger partial charge on any atom is -0.457 e. The molecule has 230 valence electrons. The lowest BCUT2D eigenvalue weighted by Crippen LogP contribution is -2.62. The Kier molecular flexibility index (Phi) is 8.82. The first-order chi connectivity index (χ1) is 20.0. The molecule has 5 aliphatic rings. The average Bonchev–Trinajstić information content (AvgIpc) is 3.57. The van der Waals surface area contributed by atoms with Crippen LogP contribution in [0.4, 0.5) is 4.79 Å². The molecule has 0 bridgehead atoms. The fraction of sp³-hybridized carbons (Fsp3) is 0.735. The molecule has 0 amide bonds. The van der Waals surface area contributed by atoms with Gasteiger partial charge in [-0.15, -0.1) is 0 Å². The lowest BCUT2D eigenvalue weighted by Gasteiger charge is -2.57. The predicted octanol–water partition coefficient (Wildman–Crippen LogP) is 6.25. The Balaban J connectivity index is 1.38. The number of hydrogen-bond acceptors (Lipinski definition) is 8. The van der Waals surface area contributed by atoms with E-state index in [0.29, 0.717) is 25.2 Å². The topological polar surface area (TPSA) is 113 Å². The Morgan fingerprint density at radius 1 is 1.02 bits per heavy atom. The molecule has 0 unspecified atom stereocenters. The van der Waals surface area contributed by atoms with Crippen molar-refractivity contribution in [3.8, 4) is 0 Å². The van der Waals surface area contributed by atoms with E-state index in [1.165, 1.54) is 12.8 Å². The quantitative estimate of drug-likeness (QED) is 0.219. The Labute approximate surface area is 249 Å². The number of Topliss-reactive ketones (excluding diaryl/α,β-unsaturated/α-hetero) is 2. The van der Waals surface area contributed by atoms with E-state index < -0.39 is 40.9 Å². The summed E-state index contributed by atoms with van der Waals surface area (Å²) in [5, 5.41) is 0. The SMILES string of the molecule is CCCCOC(=O)O[C@]1(C(=O)COC(=O)CCC2CCCC2)CC[C@H]2[C@@H]3CCC4=CC(=O)C=C[C@]4(C)[C@H]3C(=O)C[C@@]21C. The Morgan fingerprint density at radius 2 is 1.79 bits per heavy atom. The summed E-state index contributed by atoms with van der Waals surface area (Å²) in [6.45, 7) is 5.60. The average molecular weight is 583 g/mol. The van der Waals surface area contributed by atoms with E-state index in [1.807, 2.05) is 26.8 Å². The minimum atomic E-state index is -1.62. The number of allylic oxidation sites excluding steroid dienone is 4. The fourth-order valence-corrected chi connectivity index (χ4v) is 9.13. The number of rotatable bonds is 10. The van der Waals surface area contributed by atoms with Gasteiger partial charge in [-0.1, -0.05) is 64.5 Å². The molecule has 8 heteroatoms. The van der Waals surface area contributed by atoms with E-state index in [0.717, 1.165) is 37.7 Å². The monoisotopic (exact) mass is 582 g/mol. The third kappa shape index (κ3) is 5.39. The van der Waals surface area contributed by atoms with Crippen LogP contribution in [0.1, 0.15) is 104 Å². The van der Waals surface area contributed by atoms with E-state index in [2.05, 4.69) is 0 Å². The zero-order valence-electron chi connectivity index (χ0n) is 25.4. The van der Waals surface area contributed by atoms with Crippen molar-refractivity contribution in [3.05, 3.63) is 23.8 Å². The second kappa shape index (κ2) is 12.1. The van der Waals surface area contributed by atoms with Crippen molar-refractivity contribution in [2.45, 2.75) is 110 Å². The van der Waals surface area contributed by atoms with E-state index in [4.69, 9.17) is 14.2 Å². The van der Waals surface area contributed by atoms with Crippen LogP contribution in [0.15, 0.2) is 23.8 Å². The summed E-state index contributed by atoms with van der Waals surface area (Å²) in [5.41, 5.74) is -2.13. The first-order valence-corrected chi connectivity index (χ1v) is 16.1. The van der Waals surface area contributed by atoms with Gasteiger partial charge in [0.25, 0.3) is 0 Å². The molecule has 0 radical (unpaired) electrons. The van der Waals surface area contributed by atoms with Gasteiger partial charge in [0.15, 0.2) is 18.0 Å². The summed E-state index contributed by atoms with van der Waals surface area (Å²) >= 11 is 0. The van der Waals surface area contributed by atoms with Crippen LogP contribution >= 0.6 is 0 Å². The van der Waals surface area contributed by atoms with Gasteiger partial charge in [0.05, 0.1) is 6.61 Å². The fourth-order valence-electron chi connectivity index (χ4n) is 9.13. The highest BCUT2D eigenvalue weighted by atomic mass is 16.7. The van der Waals surface area contributed by atoms with Gasteiger partial charge in [-0.3, -0.25) is 19.2 Å². The van der Waals surface area contributed by atoms with Crippen molar-refractivity contribution in [3.63, 3.8) is 0 Å². The maximum absolute atomic E-state index is 14.1. The smallest absolute Gasteiger partial charge is 0.457 e. The number of hydrogen-bond donors (Lipinski definition) is 0. The van der Waals surface area contributed by atoms with E-state index in [1.54, 1.807) is 12.2 Å². The van der Waals surface area contributed by atoms with Gasteiger partial charge in [0.2, 0.25) is 5.78 Å². The molecule has 8 nitrogen and oxygen atoms in total. The summed E-state index contributed by atoms with van der Waals surface area (Å²) in [7, 11) is 0. The lowest BCUT2D eigenvalue weighted by molar-refractivity contribution is -0.176. The summed E-state index contributed by atoms with van der Waals surface area (Å²) in [6.07, 6.45) is 13.7. The summed E-state index contributed by atoms with van der Waals surface area (Å²) in [5.74, 6) is -0.805. The molecule has 4 fully saturated rings. The second-order valence-electron chi connectivity index (χ2n) is 13.7. The number of ketones is 3. The maximum atomic E-state index is 14.1. The molecule has 0 heterocycles. The van der Waals surface area contributed by atoms with Gasteiger partial charge in [-0.25, -0.2) is 4.79 Å². The summed E-state index contributed by atoms with van der Waals surface area (Å²) < 4.78 is 16.8. The van der Waals surface area contributed by atoms with Crippen molar-refractivity contribution in [1.29, 1.82) is 0 Å². The minimum absolute atomic E-state index is 0.0152. The second-order valence-corrected chi connectivity index (χ2v) is 13.7. The van der Waals surface area contributed by atoms with Crippen molar-refractivity contribution < 1.29 is 38.2 Å². The molecular formula is C34H46O8. The van der Waals surface area contributed by atoms with Gasteiger partial charge >= 0.3 is 12.1 Å². The van der Waals surface area contributed by atoms with Crippen LogP contribution in [0.5, 0.6) is 0 Å². The van der Waals surface area contributed by atoms with Crippen molar-refractivity contribution in [1.82, 2.24) is 0 Å². The molecule has 42 heavy (non-hydrogen) atoms. The van der Waals surface area contributed by atoms with Gasteiger partial charge in [0.1, 0.15) is 5.78 Å². The van der Waals surface area contributed by atoms with Crippen molar-refractivity contribution in [2.24, 2.45) is 34.5 Å². The number of unbranched alkanes of at least 4 members (excludes halogenated alkanes) is 1. The highest BCUT2D eigenvalue weighted by Crippen LogP contribution is 2.67. The maximum Gasteiger partial charge on any atom is 0.509 e. The normalized spacial score (nSPS) is 35.6. The highest BCUT2D eigenvalue weighted by molar-refractivity contribution is 6.02.